The fourth-order valence-corrected chi connectivity index (χ4v) is 4.45. The van der Waals surface area contributed by atoms with E-state index in [0.29, 0.717) is 49.1 Å². The van der Waals surface area contributed by atoms with Gasteiger partial charge < -0.3 is 19.3 Å². The first-order valence-corrected chi connectivity index (χ1v) is 10.2. The zero-order valence-corrected chi connectivity index (χ0v) is 17.4. The number of nitro benzene ring substituents is 1. The lowest BCUT2D eigenvalue weighted by Crippen LogP contribution is -2.51. The van der Waals surface area contributed by atoms with E-state index in [2.05, 4.69) is 0 Å². The molecule has 4 rings (SSSR count). The summed E-state index contributed by atoms with van der Waals surface area (Å²) in [6.07, 6.45) is 1.43. The van der Waals surface area contributed by atoms with Crippen LogP contribution in [0.3, 0.4) is 0 Å². The first-order chi connectivity index (χ1) is 14.2. The third kappa shape index (κ3) is 3.32. The van der Waals surface area contributed by atoms with Gasteiger partial charge in [-0.05, 0) is 32.8 Å². The Morgan fingerprint density at radius 1 is 1.33 bits per heavy atom. The molecule has 3 heterocycles. The largest absolute Gasteiger partial charge is 0.494 e. The highest BCUT2D eigenvalue weighted by atomic mass is 16.6. The number of ether oxygens (including phenoxy) is 1. The summed E-state index contributed by atoms with van der Waals surface area (Å²) in [4.78, 5) is 29.0. The van der Waals surface area contributed by atoms with Crippen LogP contribution in [-0.2, 0) is 9.53 Å². The first kappa shape index (κ1) is 20.3. The van der Waals surface area contributed by atoms with Gasteiger partial charge >= 0.3 is 0 Å². The highest BCUT2D eigenvalue weighted by Crippen LogP contribution is 2.38. The molecule has 1 N–H and O–H groups in total. The molecule has 2 aliphatic rings. The molecule has 1 aromatic heterocycles. The molecule has 1 aromatic carbocycles. The Bertz CT molecular complexity index is 1050. The van der Waals surface area contributed by atoms with E-state index in [4.69, 9.17) is 9.73 Å². The lowest BCUT2D eigenvalue weighted by Gasteiger charge is -2.42. The summed E-state index contributed by atoms with van der Waals surface area (Å²) in [6, 6.07) is 4.57. The topological polar surface area (TPSA) is 110 Å². The third-order valence-electron chi connectivity index (χ3n) is 6.17. The van der Waals surface area contributed by atoms with E-state index in [1.54, 1.807) is 17.6 Å². The van der Waals surface area contributed by atoms with Gasteiger partial charge in [-0.15, -0.1) is 0 Å². The van der Waals surface area contributed by atoms with Crippen molar-refractivity contribution in [1.82, 2.24) is 9.47 Å². The molecule has 30 heavy (non-hydrogen) atoms. The summed E-state index contributed by atoms with van der Waals surface area (Å²) in [7, 11) is 0. The normalized spacial score (nSPS) is 18.8. The number of carbonyl (C=O) groups is 1. The maximum Gasteiger partial charge on any atom is 0.270 e. The third-order valence-corrected chi connectivity index (χ3v) is 6.17. The number of aromatic hydroxyl groups is 1. The molecular formula is C21H26N4O5. The van der Waals surface area contributed by atoms with Gasteiger partial charge in [-0.2, -0.15) is 0 Å². The number of piperidine rings is 1. The van der Waals surface area contributed by atoms with Gasteiger partial charge in [0.05, 0.1) is 40.5 Å². The van der Waals surface area contributed by atoms with Crippen LogP contribution in [0.2, 0.25) is 0 Å². The molecular weight excluding hydrogens is 388 g/mol. The maximum absolute atomic E-state index is 11.6. The molecule has 1 fully saturated rings. The van der Waals surface area contributed by atoms with Crippen molar-refractivity contribution >= 4 is 28.2 Å². The molecule has 9 nitrogen and oxygen atoms in total. The number of nitrogens with zero attached hydrogens (tertiary/aromatic N) is 4. The highest BCUT2D eigenvalue weighted by Gasteiger charge is 2.39. The zero-order chi connectivity index (χ0) is 21.6. The lowest BCUT2D eigenvalue weighted by atomic mass is 9.89. The van der Waals surface area contributed by atoms with E-state index in [0.717, 1.165) is 5.52 Å². The number of likely N-dealkylation sites (tertiary alicyclic amines) is 1. The number of hydrogen-bond acceptors (Lipinski definition) is 6. The molecule has 0 radical (unpaired) electrons. The van der Waals surface area contributed by atoms with Crippen molar-refractivity contribution in [2.24, 2.45) is 4.99 Å². The average molecular weight is 414 g/mol. The van der Waals surface area contributed by atoms with Crippen LogP contribution in [0.1, 0.15) is 45.2 Å². The van der Waals surface area contributed by atoms with Crippen molar-refractivity contribution in [3.05, 3.63) is 33.9 Å². The Morgan fingerprint density at radius 3 is 2.57 bits per heavy atom. The summed E-state index contributed by atoms with van der Waals surface area (Å²) in [5.41, 5.74) is 1.39. The van der Waals surface area contributed by atoms with E-state index >= 15 is 0 Å². The minimum Gasteiger partial charge on any atom is -0.494 e. The second-order valence-electron chi connectivity index (χ2n) is 8.36. The van der Waals surface area contributed by atoms with Gasteiger partial charge in [-0.25, -0.2) is 0 Å². The Labute approximate surface area is 174 Å². The number of amides is 1. The minimum atomic E-state index is -0.441. The van der Waals surface area contributed by atoms with Crippen molar-refractivity contribution in [2.45, 2.75) is 45.3 Å². The lowest BCUT2D eigenvalue weighted by molar-refractivity contribution is -0.384. The standard InChI is InChI=1S/C21H26N4O5/c1-13(2)24-18-5-4-15(25(28)29)10-16(18)19(20(24)27)17-11-30-21(12-22-17)6-8-23(9-7-21)14(3)26/h4-5,10,13,27H,6-9,11-12H2,1-3H3. The summed E-state index contributed by atoms with van der Waals surface area (Å²) >= 11 is 0. The number of hydrogen-bond donors (Lipinski definition) is 1. The van der Waals surface area contributed by atoms with E-state index in [1.807, 2.05) is 18.7 Å². The number of aliphatic imine (C=N–C) groups is 1. The molecule has 0 aliphatic carbocycles. The van der Waals surface area contributed by atoms with Crippen LogP contribution in [0, 0.1) is 10.1 Å². The number of non-ortho nitro benzene ring substituents is 1. The Balaban J connectivity index is 1.71. The van der Waals surface area contributed by atoms with Crippen LogP contribution >= 0.6 is 0 Å². The molecule has 9 heteroatoms. The Morgan fingerprint density at radius 2 is 2.03 bits per heavy atom. The number of rotatable bonds is 3. The highest BCUT2D eigenvalue weighted by molar-refractivity contribution is 6.14. The minimum absolute atomic E-state index is 0.0323. The quantitative estimate of drug-likeness (QED) is 0.613. The second kappa shape index (κ2) is 7.39. The molecule has 0 saturated carbocycles. The van der Waals surface area contributed by atoms with Gasteiger partial charge in [0.2, 0.25) is 11.8 Å². The number of benzene rings is 1. The number of aromatic nitrogens is 1. The van der Waals surface area contributed by atoms with Crippen LogP contribution in [0.5, 0.6) is 5.88 Å². The van der Waals surface area contributed by atoms with E-state index in [9.17, 15) is 20.0 Å². The second-order valence-corrected chi connectivity index (χ2v) is 8.36. The molecule has 1 spiro atoms. The summed E-state index contributed by atoms with van der Waals surface area (Å²) in [5, 5.41) is 22.9. The average Bonchev–Trinajstić information content (AvgIpc) is 3.00. The van der Waals surface area contributed by atoms with Gasteiger partial charge in [-0.3, -0.25) is 19.9 Å². The SMILES string of the molecule is CC(=O)N1CCC2(CC1)CN=C(c1c(O)n(C(C)C)c3ccc([N+](=O)[O-])cc13)CO2. The first-order valence-electron chi connectivity index (χ1n) is 10.2. The van der Waals surface area contributed by atoms with Crippen LogP contribution in [0.25, 0.3) is 10.9 Å². The monoisotopic (exact) mass is 414 g/mol. The summed E-state index contributed by atoms with van der Waals surface area (Å²) in [5.74, 6) is 0.114. The van der Waals surface area contributed by atoms with Crippen LogP contribution in [-0.4, -0.2) is 63.0 Å². The number of fused-ring (bicyclic) bond motifs is 1. The number of nitro groups is 1. The molecule has 2 aromatic rings. The van der Waals surface area contributed by atoms with Crippen molar-refractivity contribution < 1.29 is 19.6 Å². The molecule has 0 atom stereocenters. The molecule has 0 unspecified atom stereocenters. The molecule has 2 aliphatic heterocycles. The van der Waals surface area contributed by atoms with Crippen molar-refractivity contribution in [3.8, 4) is 5.88 Å². The summed E-state index contributed by atoms with van der Waals surface area (Å²) in [6.45, 7) is 7.41. The summed E-state index contributed by atoms with van der Waals surface area (Å²) < 4.78 is 7.99. The van der Waals surface area contributed by atoms with Gasteiger partial charge in [0, 0.05) is 43.6 Å². The van der Waals surface area contributed by atoms with E-state index in [-0.39, 0.29) is 30.1 Å². The van der Waals surface area contributed by atoms with Gasteiger partial charge in [0.15, 0.2) is 0 Å². The van der Waals surface area contributed by atoms with Crippen LogP contribution in [0.4, 0.5) is 5.69 Å². The van der Waals surface area contributed by atoms with Gasteiger partial charge in [0.1, 0.15) is 0 Å². The molecule has 1 saturated heterocycles. The maximum atomic E-state index is 11.6. The smallest absolute Gasteiger partial charge is 0.270 e. The number of carbonyl (C=O) groups excluding carboxylic acids is 1. The fraction of sp³-hybridized carbons (Fsp3) is 0.524. The van der Waals surface area contributed by atoms with Crippen LogP contribution in [0.15, 0.2) is 23.2 Å². The Hall–Kier alpha value is -2.94. The fourth-order valence-electron chi connectivity index (χ4n) is 4.45. The van der Waals surface area contributed by atoms with E-state index in [1.165, 1.54) is 12.1 Å². The predicted octanol–water partition coefficient (Wildman–Crippen LogP) is 3.04. The Kier molecular flexibility index (Phi) is 5.01. The molecule has 0 bridgehead atoms. The molecule has 160 valence electrons. The van der Waals surface area contributed by atoms with Crippen LogP contribution < -0.4 is 0 Å². The van der Waals surface area contributed by atoms with Gasteiger partial charge in [0.25, 0.3) is 5.69 Å². The van der Waals surface area contributed by atoms with Crippen molar-refractivity contribution in [2.75, 3.05) is 26.2 Å². The van der Waals surface area contributed by atoms with E-state index < -0.39 is 10.5 Å². The van der Waals surface area contributed by atoms with Crippen molar-refractivity contribution in [3.63, 3.8) is 0 Å². The molecule has 1 amide bonds. The van der Waals surface area contributed by atoms with Gasteiger partial charge in [-0.1, -0.05) is 0 Å². The van der Waals surface area contributed by atoms with Crippen molar-refractivity contribution in [1.29, 1.82) is 0 Å². The zero-order valence-electron chi connectivity index (χ0n) is 17.4. The predicted molar refractivity (Wildman–Crippen MR) is 112 cm³/mol.